The first-order valence-electron chi connectivity index (χ1n) is 10.7. The van der Waals surface area contributed by atoms with Crippen LogP contribution in [0.4, 0.5) is 4.39 Å². The minimum Gasteiger partial charge on any atom is -0.476 e. The molecule has 1 amide bonds. The standard InChI is InChI=1S/C16H13Cl2FN2O5S.C6H13N/c1-8(2)7-25-16-12(18)3-9(6-20-16)26-14-5-13(19)10(4-11(14)17)15(22)21-27(23)24;1-2-4-6-7-5-3-1/h3-6,8H,7H2,1-2H3;7H,1-6H2. The minimum absolute atomic E-state index is 0.123. The molecule has 0 bridgehead atoms. The minimum atomic E-state index is -3.01. The molecule has 3 rings (SSSR count). The van der Waals surface area contributed by atoms with Gasteiger partial charge in [0.2, 0.25) is 5.88 Å². The van der Waals surface area contributed by atoms with E-state index in [-0.39, 0.29) is 33.3 Å². The number of ether oxygens (including phenoxy) is 2. The summed E-state index contributed by atoms with van der Waals surface area (Å²) in [5.41, 5.74) is -0.606. The normalized spacial score (nSPS) is 13.4. The third-order valence-electron chi connectivity index (χ3n) is 4.43. The van der Waals surface area contributed by atoms with Crippen LogP contribution in [0.25, 0.3) is 0 Å². The van der Waals surface area contributed by atoms with Crippen LogP contribution < -0.4 is 14.8 Å². The number of benzene rings is 1. The molecule has 1 fully saturated rings. The van der Waals surface area contributed by atoms with Crippen molar-refractivity contribution in [1.29, 1.82) is 0 Å². The van der Waals surface area contributed by atoms with Gasteiger partial charge in [-0.25, -0.2) is 9.37 Å². The van der Waals surface area contributed by atoms with E-state index in [9.17, 15) is 17.6 Å². The van der Waals surface area contributed by atoms with Gasteiger partial charge in [0.1, 0.15) is 22.3 Å². The number of amides is 1. The lowest BCUT2D eigenvalue weighted by Crippen LogP contribution is -2.12. The molecule has 1 aromatic carbocycles. The molecule has 12 heteroatoms. The summed E-state index contributed by atoms with van der Waals surface area (Å²) in [6, 6.07) is 3.16. The van der Waals surface area contributed by atoms with Gasteiger partial charge in [-0.1, -0.05) is 54.3 Å². The van der Waals surface area contributed by atoms with Crippen LogP contribution in [0.2, 0.25) is 10.0 Å². The number of carbonyl (C=O) groups is 1. The second kappa shape index (κ2) is 14.2. The highest BCUT2D eigenvalue weighted by Gasteiger charge is 2.17. The van der Waals surface area contributed by atoms with Gasteiger partial charge in [-0.2, -0.15) is 8.42 Å². The molecule has 1 aliphatic heterocycles. The molecule has 8 nitrogen and oxygen atoms in total. The molecule has 0 aliphatic carbocycles. The van der Waals surface area contributed by atoms with Gasteiger partial charge in [-0.3, -0.25) is 4.79 Å². The number of rotatable bonds is 6. The van der Waals surface area contributed by atoms with E-state index in [0.717, 1.165) is 12.1 Å². The predicted octanol–water partition coefficient (Wildman–Crippen LogP) is 5.71. The maximum atomic E-state index is 14.1. The lowest BCUT2D eigenvalue weighted by Gasteiger charge is -2.12. The van der Waals surface area contributed by atoms with Crippen molar-refractivity contribution < 1.29 is 27.1 Å². The van der Waals surface area contributed by atoms with Crippen LogP contribution in [0.3, 0.4) is 0 Å². The first-order valence-corrected chi connectivity index (χ1v) is 12.5. The molecule has 186 valence electrons. The van der Waals surface area contributed by atoms with Crippen LogP contribution >= 0.6 is 23.2 Å². The van der Waals surface area contributed by atoms with Gasteiger partial charge in [-0.15, -0.1) is 0 Å². The maximum absolute atomic E-state index is 14.1. The fourth-order valence-electron chi connectivity index (χ4n) is 2.81. The Balaban J connectivity index is 0.000000497. The smallest absolute Gasteiger partial charge is 0.319 e. The highest BCUT2D eigenvalue weighted by molar-refractivity contribution is 7.62. The highest BCUT2D eigenvalue weighted by atomic mass is 35.5. The van der Waals surface area contributed by atoms with E-state index in [1.165, 1.54) is 51.0 Å². The van der Waals surface area contributed by atoms with Gasteiger partial charge >= 0.3 is 10.5 Å². The van der Waals surface area contributed by atoms with Gasteiger partial charge in [0.05, 0.1) is 23.4 Å². The number of nitrogens with zero attached hydrogens (tertiary/aromatic N) is 2. The summed E-state index contributed by atoms with van der Waals surface area (Å²) in [6.45, 7) is 6.87. The molecule has 0 radical (unpaired) electrons. The second-order valence-electron chi connectivity index (χ2n) is 7.81. The number of nitrogens with one attached hydrogen (secondary N) is 1. The van der Waals surface area contributed by atoms with Gasteiger partial charge in [0, 0.05) is 12.1 Å². The van der Waals surface area contributed by atoms with Crippen molar-refractivity contribution in [1.82, 2.24) is 10.3 Å². The molecule has 1 aliphatic rings. The Morgan fingerprint density at radius 1 is 1.15 bits per heavy atom. The predicted molar refractivity (Wildman–Crippen MR) is 128 cm³/mol. The quantitative estimate of drug-likeness (QED) is 0.506. The average molecular weight is 534 g/mol. The fourth-order valence-corrected chi connectivity index (χ4v) is 3.46. The number of pyridine rings is 1. The van der Waals surface area contributed by atoms with Crippen LogP contribution in [-0.2, 0) is 10.5 Å². The molecular formula is C22H26Cl2FN3O5S. The topological polar surface area (TPSA) is 107 Å². The third kappa shape index (κ3) is 9.54. The fraction of sp³-hybridized carbons (Fsp3) is 0.455. The van der Waals surface area contributed by atoms with Crippen LogP contribution in [-0.4, -0.2) is 39.0 Å². The molecule has 1 N–H and O–H groups in total. The Kier molecular flexibility index (Phi) is 11.7. The van der Waals surface area contributed by atoms with Crippen LogP contribution in [0, 0.1) is 11.7 Å². The molecule has 0 spiro atoms. The van der Waals surface area contributed by atoms with E-state index in [1.54, 1.807) is 0 Å². The molecular weight excluding hydrogens is 508 g/mol. The van der Waals surface area contributed by atoms with Gasteiger partial charge in [0.25, 0.3) is 5.91 Å². The Labute approximate surface area is 209 Å². The van der Waals surface area contributed by atoms with E-state index < -0.39 is 27.8 Å². The molecule has 34 heavy (non-hydrogen) atoms. The summed E-state index contributed by atoms with van der Waals surface area (Å²) < 4.78 is 48.5. The summed E-state index contributed by atoms with van der Waals surface area (Å²) in [5.74, 6) is -1.80. The summed E-state index contributed by atoms with van der Waals surface area (Å²) in [7, 11) is -3.01. The first-order chi connectivity index (χ1) is 16.2. The SMILES string of the molecule is C1CCCNCC1.CC(C)COc1ncc(Oc2cc(F)c(C(=O)N=S(=O)=O)cc2Cl)cc1Cl. The summed E-state index contributed by atoms with van der Waals surface area (Å²) >= 11 is 12.0. The molecule has 0 saturated carbocycles. The highest BCUT2D eigenvalue weighted by Crippen LogP contribution is 2.34. The van der Waals surface area contributed by atoms with Crippen molar-refractivity contribution >= 4 is 39.6 Å². The van der Waals surface area contributed by atoms with E-state index in [0.29, 0.717) is 6.61 Å². The number of aromatic nitrogens is 1. The number of hydrogen-bond acceptors (Lipinski definition) is 7. The Morgan fingerprint density at radius 2 is 1.82 bits per heavy atom. The Hall–Kier alpha value is -2.27. The van der Waals surface area contributed by atoms with E-state index in [4.69, 9.17) is 32.7 Å². The number of halogens is 3. The van der Waals surface area contributed by atoms with Crippen molar-refractivity contribution in [2.75, 3.05) is 19.7 Å². The van der Waals surface area contributed by atoms with Crippen molar-refractivity contribution in [3.63, 3.8) is 0 Å². The van der Waals surface area contributed by atoms with Crippen LogP contribution in [0.15, 0.2) is 28.8 Å². The van der Waals surface area contributed by atoms with Crippen LogP contribution in [0.1, 0.15) is 49.9 Å². The van der Waals surface area contributed by atoms with Crippen molar-refractivity contribution in [2.24, 2.45) is 10.3 Å². The zero-order valence-corrected chi connectivity index (χ0v) is 21.1. The lowest BCUT2D eigenvalue weighted by atomic mass is 10.2. The third-order valence-corrected chi connectivity index (χ3v) is 5.31. The van der Waals surface area contributed by atoms with Crippen molar-refractivity contribution in [3.8, 4) is 17.4 Å². The molecule has 2 heterocycles. The monoisotopic (exact) mass is 533 g/mol. The molecule has 2 aromatic rings. The zero-order valence-electron chi connectivity index (χ0n) is 18.8. The number of carbonyl (C=O) groups excluding carboxylic acids is 1. The van der Waals surface area contributed by atoms with Gasteiger partial charge in [-0.05, 0) is 37.9 Å². The first kappa shape index (κ1) is 28.0. The summed E-state index contributed by atoms with van der Waals surface area (Å²) in [5, 5.41) is 3.40. The average Bonchev–Trinajstić information content (AvgIpc) is 3.08. The maximum Gasteiger partial charge on any atom is 0.319 e. The Bertz CT molecular complexity index is 1100. The van der Waals surface area contributed by atoms with Crippen molar-refractivity contribution in [3.05, 3.63) is 45.8 Å². The zero-order chi connectivity index (χ0) is 25.1. The summed E-state index contributed by atoms with van der Waals surface area (Å²) in [4.78, 5) is 15.6. The molecule has 0 unspecified atom stereocenters. The molecule has 1 aromatic heterocycles. The second-order valence-corrected chi connectivity index (χ2v) is 9.24. The Morgan fingerprint density at radius 3 is 2.41 bits per heavy atom. The number of hydrogen-bond donors (Lipinski definition) is 1. The van der Waals surface area contributed by atoms with Crippen LogP contribution in [0.5, 0.6) is 17.4 Å². The van der Waals surface area contributed by atoms with E-state index in [2.05, 4.69) is 14.7 Å². The van der Waals surface area contributed by atoms with Crippen molar-refractivity contribution in [2.45, 2.75) is 39.5 Å². The van der Waals surface area contributed by atoms with E-state index in [1.807, 2.05) is 13.8 Å². The molecule has 1 saturated heterocycles. The molecule has 0 atom stereocenters. The van der Waals surface area contributed by atoms with E-state index >= 15 is 0 Å². The van der Waals surface area contributed by atoms with Gasteiger partial charge in [0.15, 0.2) is 0 Å². The summed E-state index contributed by atoms with van der Waals surface area (Å²) in [6.07, 6.45) is 6.96. The van der Waals surface area contributed by atoms with Gasteiger partial charge < -0.3 is 14.8 Å². The largest absolute Gasteiger partial charge is 0.476 e. The lowest BCUT2D eigenvalue weighted by molar-refractivity contribution is 0.100.